The second-order valence-corrected chi connectivity index (χ2v) is 9.76. The predicted octanol–water partition coefficient (Wildman–Crippen LogP) is 10.7. The summed E-state index contributed by atoms with van der Waals surface area (Å²) in [6.45, 7) is 0. The first-order valence-corrected chi connectivity index (χ1v) is 13.9. The zero-order valence-corrected chi connectivity index (χ0v) is 22.7. The van der Waals surface area contributed by atoms with Gasteiger partial charge >= 0.3 is 0 Å². The maximum Gasteiger partial charge on any atom is 0.134 e. The van der Waals surface area contributed by atoms with Crippen molar-refractivity contribution in [2.75, 3.05) is 0 Å². The van der Waals surface area contributed by atoms with Gasteiger partial charge in [0.25, 0.3) is 0 Å². The Labute approximate surface area is 242 Å². The van der Waals surface area contributed by atoms with E-state index in [2.05, 4.69) is 133 Å². The topological polar surface area (TPSA) is 9.23 Å². The molecule has 196 valence electrons. The van der Waals surface area contributed by atoms with E-state index in [1.165, 1.54) is 0 Å². The maximum atomic E-state index is 6.70. The van der Waals surface area contributed by atoms with Crippen LogP contribution < -0.4 is 4.74 Å². The molecule has 1 heteroatoms. The zero-order valence-electron chi connectivity index (χ0n) is 22.7. The highest BCUT2D eigenvalue weighted by Crippen LogP contribution is 2.35. The van der Waals surface area contributed by atoms with Crippen molar-refractivity contribution >= 4 is 23.3 Å². The summed E-state index contributed by atoms with van der Waals surface area (Å²) < 4.78 is 6.70. The summed E-state index contributed by atoms with van der Waals surface area (Å²) in [5.74, 6) is 1.61. The van der Waals surface area contributed by atoms with E-state index in [9.17, 15) is 0 Å². The Bertz CT molecular complexity index is 1550. The molecular formula is C40H30O. The van der Waals surface area contributed by atoms with Crippen LogP contribution in [-0.2, 0) is 0 Å². The van der Waals surface area contributed by atoms with E-state index in [0.29, 0.717) is 0 Å². The smallest absolute Gasteiger partial charge is 0.134 e. The van der Waals surface area contributed by atoms with Crippen LogP contribution in [0.5, 0.6) is 11.5 Å². The van der Waals surface area contributed by atoms with Gasteiger partial charge in [0, 0.05) is 11.1 Å². The average molecular weight is 527 g/mol. The molecule has 0 saturated heterocycles. The van der Waals surface area contributed by atoms with Crippen LogP contribution in [0.1, 0.15) is 33.4 Å². The molecular weight excluding hydrogens is 496 g/mol. The van der Waals surface area contributed by atoms with Crippen molar-refractivity contribution in [3.8, 4) is 11.5 Å². The van der Waals surface area contributed by atoms with Crippen molar-refractivity contribution in [3.05, 3.63) is 203 Å². The fourth-order valence-corrected chi connectivity index (χ4v) is 4.95. The molecule has 6 aromatic carbocycles. The summed E-state index contributed by atoms with van der Waals surface area (Å²) in [5, 5.41) is 0. The van der Waals surface area contributed by atoms with Crippen molar-refractivity contribution < 1.29 is 4.74 Å². The summed E-state index contributed by atoms with van der Waals surface area (Å²) >= 11 is 0. The summed E-state index contributed by atoms with van der Waals surface area (Å²) in [7, 11) is 0. The number of rotatable bonds is 8. The van der Waals surface area contributed by atoms with E-state index in [-0.39, 0.29) is 0 Å². The standard InChI is InChI=1S/C40H30O/c1-5-17-31(18-6-1)37(32-19-7-2-8-20-32)29-35-25-13-15-27-39(35)41-40-28-16-14-26-36(40)30-38(33-21-9-3-10-22-33)34-23-11-4-12-24-34/h1-30H. The van der Waals surface area contributed by atoms with Crippen LogP contribution in [0.4, 0.5) is 0 Å². The first kappa shape index (κ1) is 25.9. The minimum absolute atomic E-state index is 0.804. The van der Waals surface area contributed by atoms with E-state index < -0.39 is 0 Å². The molecule has 0 heterocycles. The second-order valence-electron chi connectivity index (χ2n) is 9.76. The second kappa shape index (κ2) is 12.6. The molecule has 0 unspecified atom stereocenters. The minimum atomic E-state index is 0.804. The van der Waals surface area contributed by atoms with E-state index >= 15 is 0 Å². The molecule has 0 amide bonds. The lowest BCUT2D eigenvalue weighted by molar-refractivity contribution is 0.480. The molecule has 0 aliphatic heterocycles. The van der Waals surface area contributed by atoms with Crippen LogP contribution in [0.25, 0.3) is 23.3 Å². The number of hydrogen-bond donors (Lipinski definition) is 0. The highest BCUT2D eigenvalue weighted by atomic mass is 16.5. The zero-order chi connectivity index (χ0) is 27.7. The van der Waals surface area contributed by atoms with Gasteiger partial charge in [-0.05, 0) is 57.7 Å². The molecule has 0 aliphatic carbocycles. The van der Waals surface area contributed by atoms with Crippen LogP contribution in [0.2, 0.25) is 0 Å². The molecule has 0 bridgehead atoms. The number of para-hydroxylation sites is 2. The SMILES string of the molecule is C(=C(c1ccccc1)c1ccccc1)c1ccccc1Oc1ccccc1C=C(c1ccccc1)c1ccccc1. The first-order chi connectivity index (χ1) is 20.3. The molecule has 6 aromatic rings. The molecule has 6 rings (SSSR count). The van der Waals surface area contributed by atoms with E-state index in [1.807, 2.05) is 48.5 Å². The lowest BCUT2D eigenvalue weighted by Gasteiger charge is -2.15. The minimum Gasteiger partial charge on any atom is -0.456 e. The Kier molecular flexibility index (Phi) is 7.97. The first-order valence-electron chi connectivity index (χ1n) is 13.9. The van der Waals surface area contributed by atoms with Crippen molar-refractivity contribution in [1.29, 1.82) is 0 Å². The number of ether oxygens (including phenoxy) is 1. The van der Waals surface area contributed by atoms with Crippen LogP contribution >= 0.6 is 0 Å². The Morgan fingerprint density at radius 1 is 0.317 bits per heavy atom. The van der Waals surface area contributed by atoms with E-state index in [4.69, 9.17) is 4.74 Å². The Balaban J connectivity index is 1.43. The molecule has 0 aromatic heterocycles. The lowest BCUT2D eigenvalue weighted by Crippen LogP contribution is -1.93. The van der Waals surface area contributed by atoms with Gasteiger partial charge in [-0.25, -0.2) is 0 Å². The molecule has 0 fully saturated rings. The van der Waals surface area contributed by atoms with Gasteiger partial charge in [-0.15, -0.1) is 0 Å². The Morgan fingerprint density at radius 3 is 0.902 bits per heavy atom. The molecule has 0 saturated carbocycles. The van der Waals surface area contributed by atoms with Gasteiger partial charge in [0.1, 0.15) is 11.5 Å². The summed E-state index contributed by atoms with van der Waals surface area (Å²) in [5.41, 5.74) is 8.95. The summed E-state index contributed by atoms with van der Waals surface area (Å²) in [4.78, 5) is 0. The maximum absolute atomic E-state index is 6.70. The number of benzene rings is 6. The largest absolute Gasteiger partial charge is 0.456 e. The normalized spacial score (nSPS) is 10.4. The van der Waals surface area contributed by atoms with Gasteiger partial charge in [-0.1, -0.05) is 158 Å². The van der Waals surface area contributed by atoms with Gasteiger partial charge in [0.05, 0.1) is 0 Å². The lowest BCUT2D eigenvalue weighted by atomic mass is 9.95. The monoisotopic (exact) mass is 526 g/mol. The van der Waals surface area contributed by atoms with Crippen molar-refractivity contribution in [3.63, 3.8) is 0 Å². The summed E-state index contributed by atoms with van der Waals surface area (Å²) in [6.07, 6.45) is 4.44. The molecule has 0 aliphatic rings. The Morgan fingerprint density at radius 2 is 0.585 bits per heavy atom. The van der Waals surface area contributed by atoms with Crippen LogP contribution in [0.15, 0.2) is 170 Å². The highest BCUT2D eigenvalue weighted by molar-refractivity contribution is 5.93. The van der Waals surface area contributed by atoms with Crippen LogP contribution in [-0.4, -0.2) is 0 Å². The molecule has 0 atom stereocenters. The number of hydrogen-bond acceptors (Lipinski definition) is 1. The quantitative estimate of drug-likeness (QED) is 0.179. The average Bonchev–Trinajstić information content (AvgIpc) is 3.05. The summed E-state index contributed by atoms with van der Waals surface area (Å²) in [6, 6.07) is 58.5. The van der Waals surface area contributed by atoms with E-state index in [1.54, 1.807) is 0 Å². The molecule has 0 N–H and O–H groups in total. The van der Waals surface area contributed by atoms with Crippen LogP contribution in [0, 0.1) is 0 Å². The fraction of sp³-hybridized carbons (Fsp3) is 0. The van der Waals surface area contributed by atoms with Gasteiger partial charge in [0.2, 0.25) is 0 Å². The van der Waals surface area contributed by atoms with Gasteiger partial charge in [-0.2, -0.15) is 0 Å². The van der Waals surface area contributed by atoms with Gasteiger partial charge < -0.3 is 4.74 Å². The third-order valence-corrected chi connectivity index (χ3v) is 7.00. The van der Waals surface area contributed by atoms with E-state index in [0.717, 1.165) is 56.0 Å². The Hall–Kier alpha value is -5.40. The molecule has 0 radical (unpaired) electrons. The van der Waals surface area contributed by atoms with Crippen molar-refractivity contribution in [2.45, 2.75) is 0 Å². The molecule has 0 spiro atoms. The molecule has 41 heavy (non-hydrogen) atoms. The van der Waals surface area contributed by atoms with Gasteiger partial charge in [-0.3, -0.25) is 0 Å². The third-order valence-electron chi connectivity index (χ3n) is 7.00. The van der Waals surface area contributed by atoms with Crippen molar-refractivity contribution in [1.82, 2.24) is 0 Å². The molecule has 1 nitrogen and oxygen atoms in total. The van der Waals surface area contributed by atoms with Gasteiger partial charge in [0.15, 0.2) is 0 Å². The third kappa shape index (κ3) is 6.27. The fourth-order valence-electron chi connectivity index (χ4n) is 4.95. The van der Waals surface area contributed by atoms with Crippen molar-refractivity contribution in [2.24, 2.45) is 0 Å². The van der Waals surface area contributed by atoms with Crippen LogP contribution in [0.3, 0.4) is 0 Å². The predicted molar refractivity (Wildman–Crippen MR) is 173 cm³/mol. The highest BCUT2D eigenvalue weighted by Gasteiger charge is 2.11.